The molecule has 1 N–H and O–H groups in total. The van der Waals surface area contributed by atoms with Crippen LogP contribution < -0.4 is 5.32 Å². The van der Waals surface area contributed by atoms with Gasteiger partial charge in [-0.3, -0.25) is 9.67 Å². The quantitative estimate of drug-likeness (QED) is 0.910. The lowest BCUT2D eigenvalue weighted by atomic mass is 10.0. The van der Waals surface area contributed by atoms with Gasteiger partial charge >= 0.3 is 0 Å². The Labute approximate surface area is 128 Å². The van der Waals surface area contributed by atoms with E-state index in [0.717, 1.165) is 28.8 Å². The lowest BCUT2D eigenvalue weighted by Crippen LogP contribution is -2.22. The number of pyridine rings is 1. The van der Waals surface area contributed by atoms with E-state index >= 15 is 0 Å². The molecule has 0 bridgehead atoms. The maximum atomic E-state index is 4.46. The number of nitrogens with one attached hydrogen (secondary N) is 1. The average Bonchev–Trinajstić information content (AvgIpc) is 2.72. The molecule has 0 radical (unpaired) electrons. The van der Waals surface area contributed by atoms with E-state index in [9.17, 15) is 0 Å². The Hall–Kier alpha value is -1.20. The Bertz CT molecular complexity index is 571. The number of hydrogen-bond donors (Lipinski definition) is 1. The monoisotopic (exact) mass is 336 g/mol. The van der Waals surface area contributed by atoms with Crippen LogP contribution in [0.15, 0.2) is 22.8 Å². The van der Waals surface area contributed by atoms with Gasteiger partial charge in [-0.15, -0.1) is 0 Å². The standard InChI is InChI=1S/C15H21BrN4/c1-5-6-20-15(13(16)9-18-20)14(17-4)12-7-10(2)19-11(3)8-12/h7-9,14,17H,5-6H2,1-4H3. The fourth-order valence-electron chi connectivity index (χ4n) is 2.54. The molecule has 0 aliphatic rings. The molecule has 0 fully saturated rings. The largest absolute Gasteiger partial charge is 0.308 e. The van der Waals surface area contributed by atoms with Gasteiger partial charge in [-0.05, 0) is 60.9 Å². The van der Waals surface area contributed by atoms with E-state index < -0.39 is 0 Å². The van der Waals surface area contributed by atoms with Gasteiger partial charge in [0.15, 0.2) is 0 Å². The van der Waals surface area contributed by atoms with Crippen LogP contribution in [0.1, 0.15) is 42.0 Å². The van der Waals surface area contributed by atoms with Gasteiger partial charge in [0.05, 0.1) is 22.4 Å². The second-order valence-electron chi connectivity index (χ2n) is 5.01. The summed E-state index contributed by atoms with van der Waals surface area (Å²) in [5, 5.41) is 7.86. The average molecular weight is 337 g/mol. The van der Waals surface area contributed by atoms with Crippen LogP contribution in [0.25, 0.3) is 0 Å². The van der Waals surface area contributed by atoms with Crippen LogP contribution in [0.4, 0.5) is 0 Å². The molecule has 0 aliphatic carbocycles. The highest BCUT2D eigenvalue weighted by Gasteiger charge is 2.20. The maximum Gasteiger partial charge on any atom is 0.0758 e. The van der Waals surface area contributed by atoms with Gasteiger partial charge in [0, 0.05) is 17.9 Å². The van der Waals surface area contributed by atoms with Crippen LogP contribution in [-0.4, -0.2) is 21.8 Å². The zero-order chi connectivity index (χ0) is 14.7. The van der Waals surface area contributed by atoms with Gasteiger partial charge in [0.1, 0.15) is 0 Å². The van der Waals surface area contributed by atoms with E-state index in [-0.39, 0.29) is 6.04 Å². The molecular formula is C15H21BrN4. The molecule has 0 aliphatic heterocycles. The van der Waals surface area contributed by atoms with Crippen LogP contribution in [0.2, 0.25) is 0 Å². The third-order valence-electron chi connectivity index (χ3n) is 3.27. The minimum Gasteiger partial charge on any atom is -0.308 e. The lowest BCUT2D eigenvalue weighted by Gasteiger charge is -2.20. The molecule has 0 saturated heterocycles. The van der Waals surface area contributed by atoms with Crippen molar-refractivity contribution in [3.8, 4) is 0 Å². The Morgan fingerprint density at radius 2 is 1.95 bits per heavy atom. The highest BCUT2D eigenvalue weighted by atomic mass is 79.9. The van der Waals surface area contributed by atoms with E-state index in [1.54, 1.807) is 0 Å². The van der Waals surface area contributed by atoms with E-state index in [0.29, 0.717) is 0 Å². The van der Waals surface area contributed by atoms with Crippen molar-refractivity contribution >= 4 is 15.9 Å². The predicted molar refractivity (Wildman–Crippen MR) is 84.8 cm³/mol. The second kappa shape index (κ2) is 6.50. The number of aromatic nitrogens is 3. The summed E-state index contributed by atoms with van der Waals surface area (Å²) in [5.41, 5.74) is 4.46. The molecule has 0 amide bonds. The molecule has 5 heteroatoms. The molecule has 2 rings (SSSR count). The normalized spacial score (nSPS) is 12.7. The first-order valence-corrected chi connectivity index (χ1v) is 7.69. The Morgan fingerprint density at radius 3 is 2.50 bits per heavy atom. The van der Waals surface area contributed by atoms with Crippen LogP contribution in [0, 0.1) is 13.8 Å². The van der Waals surface area contributed by atoms with Crippen LogP contribution >= 0.6 is 15.9 Å². The maximum absolute atomic E-state index is 4.46. The first-order valence-electron chi connectivity index (χ1n) is 6.90. The summed E-state index contributed by atoms with van der Waals surface area (Å²) in [5.74, 6) is 0. The molecule has 4 nitrogen and oxygen atoms in total. The predicted octanol–water partition coefficient (Wildman–Crippen LogP) is 3.38. The molecule has 20 heavy (non-hydrogen) atoms. The molecule has 2 aromatic heterocycles. The Balaban J connectivity index is 2.49. The minimum atomic E-state index is 0.110. The summed E-state index contributed by atoms with van der Waals surface area (Å²) < 4.78 is 3.11. The first kappa shape index (κ1) is 15.2. The summed E-state index contributed by atoms with van der Waals surface area (Å²) in [4.78, 5) is 4.45. The van der Waals surface area contributed by atoms with Crippen molar-refractivity contribution < 1.29 is 0 Å². The molecule has 2 aromatic rings. The summed E-state index contributed by atoms with van der Waals surface area (Å²) in [6, 6.07) is 4.37. The molecule has 108 valence electrons. The van der Waals surface area contributed by atoms with E-state index in [4.69, 9.17) is 0 Å². The summed E-state index contributed by atoms with van der Waals surface area (Å²) in [7, 11) is 1.98. The van der Waals surface area contributed by atoms with Gasteiger partial charge < -0.3 is 5.32 Å². The number of hydrogen-bond acceptors (Lipinski definition) is 3. The molecule has 0 aromatic carbocycles. The number of aryl methyl sites for hydroxylation is 3. The molecule has 2 heterocycles. The van der Waals surface area contributed by atoms with Crippen LogP contribution in [0.5, 0.6) is 0 Å². The highest BCUT2D eigenvalue weighted by Crippen LogP contribution is 2.29. The van der Waals surface area contributed by atoms with Gasteiger partial charge in [-0.25, -0.2) is 0 Å². The molecule has 1 atom stereocenters. The fourth-order valence-corrected chi connectivity index (χ4v) is 3.07. The van der Waals surface area contributed by atoms with Crippen molar-refractivity contribution in [2.24, 2.45) is 0 Å². The van der Waals surface area contributed by atoms with Crippen LogP contribution in [-0.2, 0) is 6.54 Å². The lowest BCUT2D eigenvalue weighted by molar-refractivity contribution is 0.533. The Kier molecular flexibility index (Phi) is 4.94. The van der Waals surface area contributed by atoms with Crippen LogP contribution in [0.3, 0.4) is 0 Å². The fraction of sp³-hybridized carbons (Fsp3) is 0.467. The smallest absolute Gasteiger partial charge is 0.0758 e. The van der Waals surface area contributed by atoms with E-state index in [2.05, 4.69) is 55.1 Å². The van der Waals surface area contributed by atoms with Crippen molar-refractivity contribution in [2.45, 2.75) is 39.8 Å². The molecule has 1 unspecified atom stereocenters. The van der Waals surface area contributed by atoms with Crippen molar-refractivity contribution in [3.63, 3.8) is 0 Å². The topological polar surface area (TPSA) is 42.7 Å². The Morgan fingerprint density at radius 1 is 1.30 bits per heavy atom. The third-order valence-corrected chi connectivity index (χ3v) is 3.88. The number of rotatable bonds is 5. The number of nitrogens with zero attached hydrogens (tertiary/aromatic N) is 3. The molecular weight excluding hydrogens is 316 g/mol. The zero-order valence-corrected chi connectivity index (χ0v) is 14.0. The van der Waals surface area contributed by atoms with E-state index in [1.807, 2.05) is 27.1 Å². The van der Waals surface area contributed by atoms with Crippen molar-refractivity contribution in [1.82, 2.24) is 20.1 Å². The third kappa shape index (κ3) is 3.10. The van der Waals surface area contributed by atoms with Crippen molar-refractivity contribution in [2.75, 3.05) is 7.05 Å². The summed E-state index contributed by atoms with van der Waals surface area (Å²) >= 11 is 3.62. The zero-order valence-electron chi connectivity index (χ0n) is 12.4. The molecule has 0 spiro atoms. The first-order chi connectivity index (χ1) is 9.56. The van der Waals surface area contributed by atoms with Gasteiger partial charge in [0.2, 0.25) is 0 Å². The van der Waals surface area contributed by atoms with E-state index in [1.165, 1.54) is 11.3 Å². The summed E-state index contributed by atoms with van der Waals surface area (Å²) in [6.45, 7) is 7.14. The summed E-state index contributed by atoms with van der Waals surface area (Å²) in [6.07, 6.45) is 2.93. The van der Waals surface area contributed by atoms with Gasteiger partial charge in [-0.1, -0.05) is 6.92 Å². The highest BCUT2D eigenvalue weighted by molar-refractivity contribution is 9.10. The second-order valence-corrected chi connectivity index (χ2v) is 5.86. The van der Waals surface area contributed by atoms with Gasteiger partial charge in [0.25, 0.3) is 0 Å². The van der Waals surface area contributed by atoms with Crippen molar-refractivity contribution in [1.29, 1.82) is 0 Å². The van der Waals surface area contributed by atoms with Crippen molar-refractivity contribution in [3.05, 3.63) is 45.4 Å². The van der Waals surface area contributed by atoms with Gasteiger partial charge in [-0.2, -0.15) is 5.10 Å². The SMILES string of the molecule is CCCn1ncc(Br)c1C(NC)c1cc(C)nc(C)c1. The minimum absolute atomic E-state index is 0.110. The number of halogens is 1. The molecule has 0 saturated carbocycles.